The van der Waals surface area contributed by atoms with Gasteiger partial charge in [0.1, 0.15) is 0 Å². The van der Waals surface area contributed by atoms with Crippen LogP contribution in [0.1, 0.15) is 78.1 Å². The van der Waals surface area contributed by atoms with Crippen LogP contribution in [-0.2, 0) is 0 Å². The SMILES string of the molecule is CC(C)CC1CCCC(O)(CC2CC3CCC2C3)C1. The lowest BCUT2D eigenvalue weighted by molar-refractivity contribution is -0.0438. The molecule has 0 aromatic heterocycles. The van der Waals surface area contributed by atoms with Crippen molar-refractivity contribution in [1.29, 1.82) is 0 Å². The molecule has 1 N–H and O–H groups in total. The molecule has 0 saturated heterocycles. The lowest BCUT2D eigenvalue weighted by atomic mass is 9.70. The minimum absolute atomic E-state index is 0.299. The molecule has 1 heteroatoms. The Balaban J connectivity index is 1.56. The van der Waals surface area contributed by atoms with Crippen LogP contribution in [0.5, 0.6) is 0 Å². The molecule has 0 aromatic carbocycles. The second kappa shape index (κ2) is 5.39. The summed E-state index contributed by atoms with van der Waals surface area (Å²) >= 11 is 0. The molecule has 3 fully saturated rings. The lowest BCUT2D eigenvalue weighted by Crippen LogP contribution is -2.38. The summed E-state index contributed by atoms with van der Waals surface area (Å²) in [7, 11) is 0. The normalized spacial score (nSPS) is 46.1. The van der Waals surface area contributed by atoms with Crippen molar-refractivity contribution in [2.45, 2.75) is 83.7 Å². The van der Waals surface area contributed by atoms with Crippen molar-refractivity contribution in [3.05, 3.63) is 0 Å². The number of hydrogen-bond donors (Lipinski definition) is 1. The zero-order valence-electron chi connectivity index (χ0n) is 12.9. The van der Waals surface area contributed by atoms with Crippen molar-refractivity contribution in [1.82, 2.24) is 0 Å². The smallest absolute Gasteiger partial charge is 0.0653 e. The van der Waals surface area contributed by atoms with Gasteiger partial charge in [0.25, 0.3) is 0 Å². The van der Waals surface area contributed by atoms with E-state index in [1.54, 1.807) is 0 Å². The topological polar surface area (TPSA) is 20.2 Å². The van der Waals surface area contributed by atoms with Gasteiger partial charge in [-0.1, -0.05) is 33.1 Å². The van der Waals surface area contributed by atoms with E-state index in [9.17, 15) is 5.11 Å². The average molecular weight is 264 g/mol. The average Bonchev–Trinajstić information content (AvgIpc) is 2.89. The van der Waals surface area contributed by atoms with Gasteiger partial charge in [0.05, 0.1) is 5.60 Å². The fraction of sp³-hybridized carbons (Fsp3) is 1.00. The maximum Gasteiger partial charge on any atom is 0.0653 e. The van der Waals surface area contributed by atoms with Crippen molar-refractivity contribution in [3.8, 4) is 0 Å². The highest BCUT2D eigenvalue weighted by Crippen LogP contribution is 2.52. The summed E-state index contributed by atoms with van der Waals surface area (Å²) < 4.78 is 0. The van der Waals surface area contributed by atoms with Crippen LogP contribution in [0.4, 0.5) is 0 Å². The molecule has 110 valence electrons. The molecule has 1 nitrogen and oxygen atoms in total. The zero-order chi connectivity index (χ0) is 13.5. The molecule has 19 heavy (non-hydrogen) atoms. The van der Waals surface area contributed by atoms with E-state index in [2.05, 4.69) is 13.8 Å². The van der Waals surface area contributed by atoms with Gasteiger partial charge in [-0.3, -0.25) is 0 Å². The molecule has 0 aliphatic heterocycles. The third-order valence-electron chi connectivity index (χ3n) is 6.25. The van der Waals surface area contributed by atoms with E-state index < -0.39 is 0 Å². The Morgan fingerprint density at radius 1 is 1.16 bits per heavy atom. The van der Waals surface area contributed by atoms with Crippen molar-refractivity contribution in [2.24, 2.45) is 29.6 Å². The minimum atomic E-state index is -0.299. The predicted molar refractivity (Wildman–Crippen MR) is 79.9 cm³/mol. The molecule has 3 aliphatic rings. The first kappa shape index (κ1) is 13.9. The van der Waals surface area contributed by atoms with Gasteiger partial charge in [0, 0.05) is 0 Å². The summed E-state index contributed by atoms with van der Waals surface area (Å²) in [6.45, 7) is 4.65. The Morgan fingerprint density at radius 2 is 2.00 bits per heavy atom. The molecule has 3 aliphatic carbocycles. The van der Waals surface area contributed by atoms with Gasteiger partial charge < -0.3 is 5.11 Å². The molecular weight excluding hydrogens is 232 g/mol. The zero-order valence-corrected chi connectivity index (χ0v) is 12.9. The molecular formula is C18H32O. The van der Waals surface area contributed by atoms with E-state index >= 15 is 0 Å². The van der Waals surface area contributed by atoms with Crippen LogP contribution >= 0.6 is 0 Å². The van der Waals surface area contributed by atoms with Crippen LogP contribution in [-0.4, -0.2) is 10.7 Å². The van der Waals surface area contributed by atoms with Crippen molar-refractivity contribution in [2.75, 3.05) is 0 Å². The molecule has 2 bridgehead atoms. The summed E-state index contributed by atoms with van der Waals surface area (Å²) in [6.07, 6.45) is 13.1. The highest BCUT2D eigenvalue weighted by atomic mass is 16.3. The number of rotatable bonds is 4. The van der Waals surface area contributed by atoms with E-state index in [1.807, 2.05) is 0 Å². The highest BCUT2D eigenvalue weighted by Gasteiger charge is 2.44. The largest absolute Gasteiger partial charge is 0.390 e. The Labute approximate surface area is 119 Å². The fourth-order valence-corrected chi connectivity index (χ4v) is 5.63. The van der Waals surface area contributed by atoms with Gasteiger partial charge in [-0.2, -0.15) is 0 Å². The van der Waals surface area contributed by atoms with Crippen molar-refractivity contribution >= 4 is 0 Å². The summed E-state index contributed by atoms with van der Waals surface area (Å²) in [5.74, 6) is 4.43. The second-order valence-corrected chi connectivity index (χ2v) is 8.46. The second-order valence-electron chi connectivity index (χ2n) is 8.46. The first-order valence-electron chi connectivity index (χ1n) is 8.76. The fourth-order valence-electron chi connectivity index (χ4n) is 5.63. The van der Waals surface area contributed by atoms with Gasteiger partial charge >= 0.3 is 0 Å². The van der Waals surface area contributed by atoms with E-state index in [0.29, 0.717) is 0 Å². The highest BCUT2D eigenvalue weighted by molar-refractivity contribution is 4.96. The number of aliphatic hydroxyl groups is 1. The summed E-state index contributed by atoms with van der Waals surface area (Å²) in [5.41, 5.74) is -0.299. The molecule has 0 heterocycles. The Hall–Kier alpha value is -0.0400. The van der Waals surface area contributed by atoms with Crippen LogP contribution in [0.25, 0.3) is 0 Å². The van der Waals surface area contributed by atoms with Gasteiger partial charge in [-0.05, 0) is 74.5 Å². The van der Waals surface area contributed by atoms with E-state index in [1.165, 1.54) is 44.9 Å². The third-order valence-corrected chi connectivity index (χ3v) is 6.25. The van der Waals surface area contributed by atoms with E-state index in [4.69, 9.17) is 0 Å². The molecule has 0 amide bonds. The Bertz CT molecular complexity index is 311. The first-order chi connectivity index (χ1) is 9.04. The summed E-state index contributed by atoms with van der Waals surface area (Å²) in [5, 5.41) is 11.0. The summed E-state index contributed by atoms with van der Waals surface area (Å²) in [6, 6.07) is 0. The number of hydrogen-bond acceptors (Lipinski definition) is 1. The maximum absolute atomic E-state index is 11.0. The molecule has 0 aromatic rings. The van der Waals surface area contributed by atoms with Crippen molar-refractivity contribution in [3.63, 3.8) is 0 Å². The standard InChI is InChI=1S/C18H32O/c1-13(2)8-15-4-3-7-18(19,11-15)12-17-10-14-5-6-16(17)9-14/h13-17,19H,3-12H2,1-2H3. The molecule has 0 spiro atoms. The molecule has 5 atom stereocenters. The van der Waals surface area contributed by atoms with Crippen LogP contribution in [0, 0.1) is 29.6 Å². The Morgan fingerprint density at radius 3 is 2.63 bits per heavy atom. The van der Waals surface area contributed by atoms with Crippen LogP contribution < -0.4 is 0 Å². The van der Waals surface area contributed by atoms with Gasteiger partial charge in [-0.25, -0.2) is 0 Å². The van der Waals surface area contributed by atoms with Crippen molar-refractivity contribution < 1.29 is 5.11 Å². The maximum atomic E-state index is 11.0. The predicted octanol–water partition coefficient (Wildman–Crippen LogP) is 4.78. The number of fused-ring (bicyclic) bond motifs is 2. The molecule has 5 unspecified atom stereocenters. The van der Waals surface area contributed by atoms with Crippen LogP contribution in [0.2, 0.25) is 0 Å². The Kier molecular flexibility index (Phi) is 3.95. The van der Waals surface area contributed by atoms with Gasteiger partial charge in [-0.15, -0.1) is 0 Å². The monoisotopic (exact) mass is 264 g/mol. The molecule has 0 radical (unpaired) electrons. The van der Waals surface area contributed by atoms with Gasteiger partial charge in [0.2, 0.25) is 0 Å². The van der Waals surface area contributed by atoms with E-state index in [0.717, 1.165) is 48.9 Å². The molecule has 3 rings (SSSR count). The lowest BCUT2D eigenvalue weighted by Gasteiger charge is -2.40. The van der Waals surface area contributed by atoms with E-state index in [-0.39, 0.29) is 5.60 Å². The quantitative estimate of drug-likeness (QED) is 0.774. The minimum Gasteiger partial charge on any atom is -0.390 e. The third kappa shape index (κ3) is 3.17. The van der Waals surface area contributed by atoms with Crippen LogP contribution in [0.15, 0.2) is 0 Å². The summed E-state index contributed by atoms with van der Waals surface area (Å²) in [4.78, 5) is 0. The van der Waals surface area contributed by atoms with Gasteiger partial charge in [0.15, 0.2) is 0 Å². The first-order valence-corrected chi connectivity index (χ1v) is 8.76. The van der Waals surface area contributed by atoms with Crippen LogP contribution in [0.3, 0.4) is 0 Å². The molecule has 3 saturated carbocycles.